The van der Waals surface area contributed by atoms with Gasteiger partial charge in [0.2, 0.25) is 0 Å². The van der Waals surface area contributed by atoms with Gasteiger partial charge in [0.05, 0.1) is 5.54 Å². The van der Waals surface area contributed by atoms with Gasteiger partial charge in [0.15, 0.2) is 0 Å². The summed E-state index contributed by atoms with van der Waals surface area (Å²) in [5, 5.41) is 3.38. The minimum Gasteiger partial charge on any atom is -0.330 e. The summed E-state index contributed by atoms with van der Waals surface area (Å²) in [5.74, 6) is 0.434. The van der Waals surface area contributed by atoms with Crippen LogP contribution in [-0.4, -0.2) is 54.7 Å². The molecule has 3 fully saturated rings. The third kappa shape index (κ3) is 2.08. The van der Waals surface area contributed by atoms with Crippen LogP contribution in [0.25, 0.3) is 0 Å². The van der Waals surface area contributed by atoms with Crippen molar-refractivity contribution in [3.05, 3.63) is 0 Å². The number of urea groups is 1. The lowest BCUT2D eigenvalue weighted by molar-refractivity contribution is -0.172. The normalized spacial score (nSPS) is 40.2. The number of nitrogens with one attached hydrogen (secondary N) is 1. The van der Waals surface area contributed by atoms with Crippen LogP contribution in [0.15, 0.2) is 0 Å². The zero-order chi connectivity index (χ0) is 16.9. The number of nitrogens with two attached hydrogens (primary N) is 1. The molecule has 0 aromatic heterocycles. The van der Waals surface area contributed by atoms with Crippen LogP contribution in [0, 0.1) is 11.3 Å². The number of hydrogen-bond acceptors (Lipinski definition) is 3. The van der Waals surface area contributed by atoms with Crippen LogP contribution in [-0.2, 0) is 0 Å². The van der Waals surface area contributed by atoms with Crippen molar-refractivity contribution in [2.75, 3.05) is 27.7 Å². The van der Waals surface area contributed by atoms with Crippen molar-refractivity contribution in [1.82, 2.24) is 15.1 Å². The molecular formula is C18H34N4O. The van der Waals surface area contributed by atoms with Gasteiger partial charge in [0.1, 0.15) is 5.66 Å². The second-order valence-electron chi connectivity index (χ2n) is 8.50. The van der Waals surface area contributed by atoms with E-state index in [2.05, 4.69) is 31.2 Å². The Labute approximate surface area is 140 Å². The molecule has 3 rings (SSSR count). The maximum Gasteiger partial charge on any atom is 0.320 e. The molecule has 0 aromatic rings. The predicted molar refractivity (Wildman–Crippen MR) is 93.0 cm³/mol. The fourth-order valence-corrected chi connectivity index (χ4v) is 5.94. The Bertz CT molecular complexity index is 474. The summed E-state index contributed by atoms with van der Waals surface area (Å²) in [4.78, 5) is 16.5. The highest BCUT2D eigenvalue weighted by molar-refractivity contribution is 5.83. The van der Waals surface area contributed by atoms with Crippen molar-refractivity contribution >= 4 is 6.03 Å². The van der Waals surface area contributed by atoms with E-state index in [0.29, 0.717) is 5.92 Å². The molecule has 2 amide bonds. The maximum atomic E-state index is 12.2. The summed E-state index contributed by atoms with van der Waals surface area (Å²) in [6, 6.07) is 0.0629. The van der Waals surface area contributed by atoms with E-state index in [4.69, 9.17) is 5.73 Å². The van der Waals surface area contributed by atoms with Crippen LogP contribution >= 0.6 is 0 Å². The molecule has 1 heterocycles. The average Bonchev–Trinajstić information content (AvgIpc) is 2.56. The monoisotopic (exact) mass is 322 g/mol. The molecule has 3 N–H and O–H groups in total. The Kier molecular flexibility index (Phi) is 4.16. The zero-order valence-corrected chi connectivity index (χ0v) is 15.3. The van der Waals surface area contributed by atoms with Gasteiger partial charge in [0.25, 0.3) is 0 Å². The Morgan fingerprint density at radius 1 is 1.22 bits per heavy atom. The quantitative estimate of drug-likeness (QED) is 0.838. The van der Waals surface area contributed by atoms with E-state index < -0.39 is 0 Å². The summed E-state index contributed by atoms with van der Waals surface area (Å²) in [7, 11) is 6.28. The van der Waals surface area contributed by atoms with Crippen molar-refractivity contribution in [1.29, 1.82) is 0 Å². The molecule has 2 saturated carbocycles. The van der Waals surface area contributed by atoms with E-state index in [1.165, 1.54) is 44.9 Å². The topological polar surface area (TPSA) is 61.6 Å². The van der Waals surface area contributed by atoms with E-state index in [1.807, 2.05) is 11.9 Å². The van der Waals surface area contributed by atoms with Gasteiger partial charge < -0.3 is 20.9 Å². The Balaban J connectivity index is 2.06. The third-order valence-corrected chi connectivity index (χ3v) is 7.60. The third-order valence-electron chi connectivity index (χ3n) is 7.60. The lowest BCUT2D eigenvalue weighted by Gasteiger charge is -2.70. The van der Waals surface area contributed by atoms with Gasteiger partial charge in [-0.3, -0.25) is 0 Å². The molecule has 3 aliphatic rings. The second kappa shape index (κ2) is 5.62. The minimum absolute atomic E-state index is 0.0573. The van der Waals surface area contributed by atoms with Gasteiger partial charge in [-0.05, 0) is 58.7 Å². The number of hydrogen-bond donors (Lipinski definition) is 2. The summed E-state index contributed by atoms with van der Waals surface area (Å²) in [6.07, 6.45) is 9.81. The van der Waals surface area contributed by atoms with Crippen LogP contribution in [0.4, 0.5) is 4.79 Å². The Morgan fingerprint density at radius 2 is 1.87 bits per heavy atom. The van der Waals surface area contributed by atoms with Crippen molar-refractivity contribution in [2.45, 2.75) is 69.5 Å². The molecule has 0 aromatic carbocycles. The maximum absolute atomic E-state index is 12.2. The standard InChI is InChI=1S/C18H34N4O/c1-16(21(2)3)10-8-9-14(18(16)20-15(23)22(18)4)17(13-19)11-6-5-7-12-17/h14H,5-13,19H2,1-4H3,(H,20,23)/t14-,16-,18+/m1/s1. The Morgan fingerprint density at radius 3 is 2.35 bits per heavy atom. The lowest BCUT2D eigenvalue weighted by atomic mass is 9.52. The average molecular weight is 322 g/mol. The fraction of sp³-hybridized carbons (Fsp3) is 0.944. The van der Waals surface area contributed by atoms with Crippen LogP contribution in [0.5, 0.6) is 0 Å². The van der Waals surface area contributed by atoms with Crippen LogP contribution in [0.2, 0.25) is 0 Å². The first-order valence-corrected chi connectivity index (χ1v) is 9.27. The number of carbonyl (C=O) groups is 1. The van der Waals surface area contributed by atoms with E-state index in [-0.39, 0.29) is 22.6 Å². The first kappa shape index (κ1) is 17.0. The highest BCUT2D eigenvalue weighted by Crippen LogP contribution is 2.58. The minimum atomic E-state index is -0.275. The molecule has 23 heavy (non-hydrogen) atoms. The van der Waals surface area contributed by atoms with E-state index in [9.17, 15) is 4.79 Å². The number of amides is 2. The van der Waals surface area contributed by atoms with Crippen molar-refractivity contribution < 1.29 is 4.79 Å². The summed E-state index contributed by atoms with van der Waals surface area (Å²) in [6.45, 7) is 3.06. The molecule has 1 saturated heterocycles. The van der Waals surface area contributed by atoms with Gasteiger partial charge >= 0.3 is 6.03 Å². The van der Waals surface area contributed by atoms with Crippen LogP contribution in [0.3, 0.4) is 0 Å². The summed E-state index contributed by atoms with van der Waals surface area (Å²) < 4.78 is 0. The molecule has 0 unspecified atom stereocenters. The highest BCUT2D eigenvalue weighted by atomic mass is 16.2. The number of nitrogens with zero attached hydrogens (tertiary/aromatic N) is 2. The molecule has 1 spiro atoms. The molecule has 2 aliphatic carbocycles. The summed E-state index contributed by atoms with van der Waals surface area (Å²) in [5.41, 5.74) is 6.21. The Hall–Kier alpha value is -0.810. The number of likely N-dealkylation sites (N-methyl/N-ethyl adjacent to an activating group) is 2. The van der Waals surface area contributed by atoms with Crippen molar-refractivity contribution in [3.8, 4) is 0 Å². The van der Waals surface area contributed by atoms with Gasteiger partial charge in [-0.1, -0.05) is 25.7 Å². The largest absolute Gasteiger partial charge is 0.330 e. The predicted octanol–water partition coefficient (Wildman–Crippen LogP) is 2.37. The molecular weight excluding hydrogens is 288 g/mol. The first-order valence-electron chi connectivity index (χ1n) is 9.27. The van der Waals surface area contributed by atoms with Gasteiger partial charge in [0, 0.05) is 13.0 Å². The van der Waals surface area contributed by atoms with Gasteiger partial charge in [-0.25, -0.2) is 4.79 Å². The van der Waals surface area contributed by atoms with Crippen LogP contribution < -0.4 is 11.1 Å². The molecule has 1 aliphatic heterocycles. The van der Waals surface area contributed by atoms with E-state index in [1.54, 1.807) is 0 Å². The smallest absolute Gasteiger partial charge is 0.320 e. The van der Waals surface area contributed by atoms with Gasteiger partial charge in [-0.2, -0.15) is 0 Å². The molecule has 132 valence electrons. The highest BCUT2D eigenvalue weighted by Gasteiger charge is 2.69. The van der Waals surface area contributed by atoms with Gasteiger partial charge in [-0.15, -0.1) is 0 Å². The SMILES string of the molecule is CN(C)[C@]1(C)CCC[C@H](C2(CN)CCCCC2)[C@@]12NC(=O)N2C. The van der Waals surface area contributed by atoms with E-state index >= 15 is 0 Å². The van der Waals surface area contributed by atoms with E-state index in [0.717, 1.165) is 13.0 Å². The molecule has 5 heteroatoms. The number of rotatable bonds is 3. The van der Waals surface area contributed by atoms with Crippen molar-refractivity contribution in [2.24, 2.45) is 17.1 Å². The molecule has 3 atom stereocenters. The number of carbonyl (C=O) groups excluding carboxylic acids is 1. The molecule has 0 bridgehead atoms. The first-order chi connectivity index (χ1) is 10.8. The van der Waals surface area contributed by atoms with Crippen molar-refractivity contribution in [3.63, 3.8) is 0 Å². The lowest BCUT2D eigenvalue weighted by Crippen LogP contribution is -2.89. The zero-order valence-electron chi connectivity index (χ0n) is 15.3. The summed E-state index contributed by atoms with van der Waals surface area (Å²) >= 11 is 0. The second-order valence-corrected chi connectivity index (χ2v) is 8.50. The van der Waals surface area contributed by atoms with Crippen LogP contribution in [0.1, 0.15) is 58.3 Å². The fourth-order valence-electron chi connectivity index (χ4n) is 5.94. The molecule has 0 radical (unpaired) electrons. The molecule has 5 nitrogen and oxygen atoms in total.